The van der Waals surface area contributed by atoms with Crippen LogP contribution >= 0.6 is 7.82 Å². The molecule has 4 heterocycles. The molecule has 0 unspecified atom stereocenters. The molecule has 1 aliphatic carbocycles. The summed E-state index contributed by atoms with van der Waals surface area (Å²) in [5.41, 5.74) is -0.209. The second kappa shape index (κ2) is 10.3. The van der Waals surface area contributed by atoms with Crippen molar-refractivity contribution in [3.8, 4) is 0 Å². The normalized spacial score (nSPS) is 27.9. The molecule has 3 aliphatic rings. The number of ether oxygens (including phenoxy) is 3. The van der Waals surface area contributed by atoms with E-state index in [-0.39, 0.29) is 6.61 Å². The van der Waals surface area contributed by atoms with E-state index >= 15 is 0 Å². The molecule has 2 saturated heterocycles. The maximum atomic E-state index is 13.7. The van der Waals surface area contributed by atoms with Crippen LogP contribution in [-0.2, 0) is 32.3 Å². The molecule has 0 amide bonds. The molecule has 0 bridgehead atoms. The Labute approximate surface area is 230 Å². The van der Waals surface area contributed by atoms with Gasteiger partial charge in [-0.1, -0.05) is 12.8 Å². The van der Waals surface area contributed by atoms with Crippen molar-refractivity contribution in [2.75, 3.05) is 11.9 Å². The molecule has 4 atom stereocenters. The van der Waals surface area contributed by atoms with Crippen LogP contribution in [0.25, 0.3) is 11.2 Å². The van der Waals surface area contributed by atoms with E-state index < -0.39 is 49.4 Å². The number of fused-ring (bicyclic) bond motifs is 2. The maximum Gasteiger partial charge on any atom is 0.475 e. The zero-order chi connectivity index (χ0) is 28.2. The third-order valence-electron chi connectivity index (χ3n) is 6.62. The maximum absolute atomic E-state index is 13.7. The molecule has 2 aromatic rings. The van der Waals surface area contributed by atoms with Crippen molar-refractivity contribution < 1.29 is 32.3 Å². The molecular formula is C26H42N5O7P. The van der Waals surface area contributed by atoms with Gasteiger partial charge in [0.1, 0.15) is 24.6 Å². The average molecular weight is 568 g/mol. The predicted octanol–water partition coefficient (Wildman–Crippen LogP) is 5.35. The van der Waals surface area contributed by atoms with Crippen molar-refractivity contribution in [3.05, 3.63) is 12.7 Å². The quantitative estimate of drug-likeness (QED) is 0.414. The standard InChI is InChI=1S/C26H42N5O7P/c1-24(2,3)37-39(32,38-25(4,5)6)33-13-17-19-20(36-26(7,8)35-19)23(34-17)31-15-29-18-21(27-14-28-22(18)31)30-16-11-9-10-12-16/h14-17,19-20,23H,9-13H2,1-8H3,(H,27,28,30)/t17-,19-,20-,23-/m1/s1. The summed E-state index contributed by atoms with van der Waals surface area (Å²) >= 11 is 0. The van der Waals surface area contributed by atoms with E-state index in [1.54, 1.807) is 47.9 Å². The summed E-state index contributed by atoms with van der Waals surface area (Å²) in [6, 6.07) is 0.385. The monoisotopic (exact) mass is 567 g/mol. The minimum Gasteiger partial charge on any atom is -0.365 e. The number of hydrogen-bond acceptors (Lipinski definition) is 11. The highest BCUT2D eigenvalue weighted by Crippen LogP contribution is 2.56. The number of phosphoric acid groups is 1. The first-order valence-corrected chi connectivity index (χ1v) is 15.2. The highest BCUT2D eigenvalue weighted by Gasteiger charge is 2.57. The van der Waals surface area contributed by atoms with Crippen LogP contribution in [0.15, 0.2) is 12.7 Å². The molecule has 2 aliphatic heterocycles. The molecule has 39 heavy (non-hydrogen) atoms. The first-order valence-electron chi connectivity index (χ1n) is 13.7. The minimum atomic E-state index is -3.95. The van der Waals surface area contributed by atoms with Crippen molar-refractivity contribution >= 4 is 24.8 Å². The molecule has 0 radical (unpaired) electrons. The largest absolute Gasteiger partial charge is 0.475 e. The zero-order valence-corrected chi connectivity index (χ0v) is 25.1. The third-order valence-corrected chi connectivity index (χ3v) is 8.63. The van der Waals surface area contributed by atoms with Crippen LogP contribution < -0.4 is 5.32 Å². The van der Waals surface area contributed by atoms with Gasteiger partial charge in [0.2, 0.25) is 0 Å². The van der Waals surface area contributed by atoms with Crippen molar-refractivity contribution in [3.63, 3.8) is 0 Å². The van der Waals surface area contributed by atoms with Gasteiger partial charge in [-0.3, -0.25) is 18.1 Å². The van der Waals surface area contributed by atoms with Crippen molar-refractivity contribution in [2.45, 2.75) is 129 Å². The molecule has 1 saturated carbocycles. The molecule has 0 aromatic carbocycles. The van der Waals surface area contributed by atoms with Gasteiger partial charge in [-0.2, -0.15) is 0 Å². The number of hydrogen-bond donors (Lipinski definition) is 1. The van der Waals surface area contributed by atoms with Crippen LogP contribution in [0.1, 0.15) is 87.3 Å². The van der Waals surface area contributed by atoms with Crippen molar-refractivity contribution in [1.82, 2.24) is 19.5 Å². The Bertz CT molecular complexity index is 1200. The third kappa shape index (κ3) is 6.64. The van der Waals surface area contributed by atoms with E-state index in [1.165, 1.54) is 19.2 Å². The fraction of sp³-hybridized carbons (Fsp3) is 0.808. The zero-order valence-electron chi connectivity index (χ0n) is 24.2. The van der Waals surface area contributed by atoms with Gasteiger partial charge in [0.25, 0.3) is 0 Å². The Balaban J connectivity index is 1.39. The van der Waals surface area contributed by atoms with Crippen LogP contribution in [0.2, 0.25) is 0 Å². The fourth-order valence-electron chi connectivity index (χ4n) is 5.33. The lowest BCUT2D eigenvalue weighted by Crippen LogP contribution is -2.33. The SMILES string of the molecule is CC(C)(C)OP(=O)(OC[C@H]1O[C@@H](n2cnc3c(NC4CCCC4)ncnc32)[C@@H]2OC(C)(C)O[C@@H]21)OC(C)(C)C. The number of anilines is 1. The van der Waals surface area contributed by atoms with Crippen LogP contribution in [0, 0.1) is 0 Å². The molecular weight excluding hydrogens is 525 g/mol. The van der Waals surface area contributed by atoms with Crippen LogP contribution in [0.3, 0.4) is 0 Å². The summed E-state index contributed by atoms with van der Waals surface area (Å²) in [5, 5.41) is 3.53. The molecule has 1 N–H and O–H groups in total. The number of aromatic nitrogens is 4. The van der Waals surface area contributed by atoms with Gasteiger partial charge >= 0.3 is 7.82 Å². The summed E-state index contributed by atoms with van der Waals surface area (Å²) in [5.74, 6) is -0.132. The summed E-state index contributed by atoms with van der Waals surface area (Å²) in [7, 11) is -3.95. The Hall–Kier alpha value is -1.66. The van der Waals surface area contributed by atoms with Gasteiger partial charge in [-0.25, -0.2) is 19.5 Å². The molecule has 2 aromatic heterocycles. The van der Waals surface area contributed by atoms with Crippen LogP contribution in [0.5, 0.6) is 0 Å². The fourth-order valence-corrected chi connectivity index (χ4v) is 7.15. The molecule has 218 valence electrons. The number of rotatable bonds is 8. The summed E-state index contributed by atoms with van der Waals surface area (Å²) < 4.78 is 51.9. The smallest absolute Gasteiger partial charge is 0.365 e. The van der Waals surface area contributed by atoms with E-state index in [9.17, 15) is 4.57 Å². The van der Waals surface area contributed by atoms with Gasteiger partial charge in [0, 0.05) is 6.04 Å². The van der Waals surface area contributed by atoms with E-state index in [0.29, 0.717) is 23.0 Å². The number of nitrogens with one attached hydrogen (secondary N) is 1. The Morgan fingerprint density at radius 3 is 2.31 bits per heavy atom. The minimum absolute atomic E-state index is 0.0867. The average Bonchev–Trinajstić information content (AvgIpc) is 3.54. The summed E-state index contributed by atoms with van der Waals surface area (Å²) in [6.45, 7) is 14.4. The second-order valence-corrected chi connectivity index (χ2v) is 14.5. The van der Waals surface area contributed by atoms with Gasteiger partial charge in [0.05, 0.1) is 24.1 Å². The van der Waals surface area contributed by atoms with E-state index in [4.69, 9.17) is 27.8 Å². The Morgan fingerprint density at radius 1 is 1.03 bits per heavy atom. The first kappa shape index (κ1) is 28.9. The van der Waals surface area contributed by atoms with Gasteiger partial charge < -0.3 is 19.5 Å². The lowest BCUT2D eigenvalue weighted by molar-refractivity contribution is -0.199. The number of imidazole rings is 1. The molecule has 13 heteroatoms. The highest BCUT2D eigenvalue weighted by molar-refractivity contribution is 7.48. The topological polar surface area (TPSA) is 128 Å². The molecule has 12 nitrogen and oxygen atoms in total. The lowest BCUT2D eigenvalue weighted by atomic mass is 10.1. The predicted molar refractivity (Wildman–Crippen MR) is 144 cm³/mol. The number of nitrogens with zero attached hydrogens (tertiary/aromatic N) is 4. The van der Waals surface area contributed by atoms with Gasteiger partial charge in [-0.15, -0.1) is 0 Å². The van der Waals surface area contributed by atoms with Gasteiger partial charge in [0.15, 0.2) is 29.0 Å². The molecule has 0 spiro atoms. The first-order chi connectivity index (χ1) is 18.1. The van der Waals surface area contributed by atoms with Crippen LogP contribution in [-0.4, -0.2) is 67.5 Å². The summed E-state index contributed by atoms with van der Waals surface area (Å²) in [6.07, 6.45) is 5.70. The Kier molecular flexibility index (Phi) is 7.63. The summed E-state index contributed by atoms with van der Waals surface area (Å²) in [4.78, 5) is 13.6. The Morgan fingerprint density at radius 2 is 1.67 bits per heavy atom. The van der Waals surface area contributed by atoms with Crippen molar-refractivity contribution in [1.29, 1.82) is 0 Å². The lowest BCUT2D eigenvalue weighted by Gasteiger charge is -2.32. The highest BCUT2D eigenvalue weighted by atomic mass is 31.2. The molecule has 5 rings (SSSR count). The van der Waals surface area contributed by atoms with E-state index in [1.807, 2.05) is 18.4 Å². The number of phosphoric ester groups is 1. The van der Waals surface area contributed by atoms with Crippen LogP contribution in [0.4, 0.5) is 5.82 Å². The molecule has 3 fully saturated rings. The van der Waals surface area contributed by atoms with E-state index in [2.05, 4.69) is 20.3 Å². The second-order valence-electron chi connectivity index (χ2n) is 13.0. The van der Waals surface area contributed by atoms with Gasteiger partial charge in [-0.05, 0) is 68.2 Å². The van der Waals surface area contributed by atoms with E-state index in [0.717, 1.165) is 12.8 Å². The van der Waals surface area contributed by atoms with Crippen molar-refractivity contribution in [2.24, 2.45) is 0 Å².